The van der Waals surface area contributed by atoms with Gasteiger partial charge in [-0.25, -0.2) is 0 Å². The van der Waals surface area contributed by atoms with Gasteiger partial charge in [-0.3, -0.25) is 0 Å². The molecule has 0 heterocycles. The number of hydrogen-bond acceptors (Lipinski definition) is 2. The molecule has 104 valence electrons. The Morgan fingerprint density at radius 2 is 1.95 bits per heavy atom. The maximum absolute atomic E-state index is 5.34. The van der Waals surface area contributed by atoms with E-state index in [0.717, 1.165) is 10.9 Å². The van der Waals surface area contributed by atoms with Crippen LogP contribution in [0.25, 0.3) is 6.08 Å². The lowest BCUT2D eigenvalue weighted by Crippen LogP contribution is -2.19. The minimum Gasteiger partial charge on any atom is -0.371 e. The first kappa shape index (κ1) is 16.3. The van der Waals surface area contributed by atoms with Gasteiger partial charge in [-0.15, -0.1) is 0 Å². The molecule has 0 saturated heterocycles. The second-order valence-electron chi connectivity index (χ2n) is 4.54. The fraction of sp³-hybridized carbons (Fsp3) is 0.438. The molecule has 0 atom stereocenters. The Kier molecular flexibility index (Phi) is 8.59. The predicted octanol–water partition coefficient (Wildman–Crippen LogP) is 5.24. The Morgan fingerprint density at radius 1 is 1.21 bits per heavy atom. The van der Waals surface area contributed by atoms with Gasteiger partial charge >= 0.3 is 0 Å². The number of nitrogens with one attached hydrogen (secondary N) is 1. The topological polar surface area (TPSA) is 12.0 Å². The summed E-state index contributed by atoms with van der Waals surface area (Å²) in [4.78, 5) is 1.22. The molecule has 19 heavy (non-hydrogen) atoms. The number of rotatable bonds is 7. The Balaban J connectivity index is 2.26. The summed E-state index contributed by atoms with van der Waals surface area (Å²) in [6.07, 6.45) is 7.24. The van der Waals surface area contributed by atoms with Crippen molar-refractivity contribution in [2.75, 3.05) is 6.54 Å². The third kappa shape index (κ3) is 8.06. The van der Waals surface area contributed by atoms with Crippen LogP contribution >= 0.6 is 24.0 Å². The molecule has 1 aromatic rings. The van der Waals surface area contributed by atoms with Crippen LogP contribution in [0, 0.1) is 0 Å². The van der Waals surface area contributed by atoms with Crippen LogP contribution in [0.5, 0.6) is 0 Å². The molecule has 1 rings (SSSR count). The Hall–Kier alpha value is -0.800. The summed E-state index contributed by atoms with van der Waals surface area (Å²) in [5.74, 6) is 0. The second-order valence-corrected chi connectivity index (χ2v) is 6.47. The van der Waals surface area contributed by atoms with Gasteiger partial charge in [0, 0.05) is 6.54 Å². The molecule has 1 aromatic carbocycles. The molecule has 0 aliphatic rings. The molecule has 0 radical (unpaired) electrons. The third-order valence-corrected chi connectivity index (χ3v) is 3.89. The first-order chi connectivity index (χ1) is 9.22. The van der Waals surface area contributed by atoms with Crippen LogP contribution in [0.2, 0.25) is 0 Å². The van der Waals surface area contributed by atoms with E-state index in [4.69, 9.17) is 12.2 Å². The average Bonchev–Trinajstić information content (AvgIpc) is 2.39. The van der Waals surface area contributed by atoms with Crippen molar-refractivity contribution in [2.45, 2.75) is 39.5 Å². The highest BCUT2D eigenvalue weighted by Gasteiger charge is 1.99. The molecule has 0 aliphatic heterocycles. The van der Waals surface area contributed by atoms with Gasteiger partial charge in [0.05, 0.1) is 0 Å². The molecule has 0 spiro atoms. The van der Waals surface area contributed by atoms with Crippen molar-refractivity contribution < 1.29 is 0 Å². The average molecular weight is 294 g/mol. The van der Waals surface area contributed by atoms with Crippen molar-refractivity contribution in [3.63, 3.8) is 0 Å². The molecular weight excluding hydrogens is 270 g/mol. The van der Waals surface area contributed by atoms with Crippen molar-refractivity contribution in [1.82, 2.24) is 5.32 Å². The van der Waals surface area contributed by atoms with E-state index in [9.17, 15) is 0 Å². The van der Waals surface area contributed by atoms with Gasteiger partial charge < -0.3 is 5.32 Å². The number of thiocarbonyl (C=S) groups is 1. The van der Waals surface area contributed by atoms with Crippen LogP contribution in [0.4, 0.5) is 0 Å². The molecule has 1 nitrogen and oxygen atoms in total. The first-order valence-corrected chi connectivity index (χ1v) is 8.14. The summed E-state index contributed by atoms with van der Waals surface area (Å²) in [7, 11) is 0. The summed E-state index contributed by atoms with van der Waals surface area (Å²) in [6.45, 7) is 5.32. The van der Waals surface area contributed by atoms with E-state index >= 15 is 0 Å². The van der Waals surface area contributed by atoms with Gasteiger partial charge in [0.25, 0.3) is 0 Å². The zero-order valence-corrected chi connectivity index (χ0v) is 13.4. The predicted molar refractivity (Wildman–Crippen MR) is 92.4 cm³/mol. The molecule has 3 heteroatoms. The summed E-state index contributed by atoms with van der Waals surface area (Å²) in [5, 5.41) is 3.31. The van der Waals surface area contributed by atoms with E-state index in [1.165, 1.54) is 36.2 Å². The summed E-state index contributed by atoms with van der Waals surface area (Å²) in [5.41, 5.74) is 1.22. The Labute approximate surface area is 126 Å². The molecule has 1 N–H and O–H groups in total. The SMILES string of the molecule is CCCCCCNC(=S)SC(C)=Cc1ccccc1. The number of thioether (sulfide) groups is 1. The molecule has 0 amide bonds. The maximum Gasteiger partial charge on any atom is 0.138 e. The van der Waals surface area contributed by atoms with Gasteiger partial charge in [-0.05, 0) is 29.9 Å². The van der Waals surface area contributed by atoms with E-state index in [0.29, 0.717) is 0 Å². The van der Waals surface area contributed by atoms with E-state index in [1.54, 1.807) is 11.8 Å². The number of unbranched alkanes of at least 4 members (excludes halogenated alkanes) is 3. The highest BCUT2D eigenvalue weighted by atomic mass is 32.2. The lowest BCUT2D eigenvalue weighted by Gasteiger charge is -2.07. The normalized spacial score (nSPS) is 11.4. The fourth-order valence-electron chi connectivity index (χ4n) is 1.74. The highest BCUT2D eigenvalue weighted by molar-refractivity contribution is 8.25. The lowest BCUT2D eigenvalue weighted by molar-refractivity contribution is 0.657. The Morgan fingerprint density at radius 3 is 2.63 bits per heavy atom. The van der Waals surface area contributed by atoms with Gasteiger partial charge in [-0.2, -0.15) is 0 Å². The zero-order valence-electron chi connectivity index (χ0n) is 11.8. The monoisotopic (exact) mass is 293 g/mol. The lowest BCUT2D eigenvalue weighted by atomic mass is 10.2. The van der Waals surface area contributed by atoms with Crippen LogP contribution in [-0.2, 0) is 0 Å². The van der Waals surface area contributed by atoms with E-state index in [1.807, 2.05) is 18.2 Å². The third-order valence-electron chi connectivity index (χ3n) is 2.72. The fourth-order valence-corrected chi connectivity index (χ4v) is 2.90. The maximum atomic E-state index is 5.34. The number of hydrogen-bond donors (Lipinski definition) is 1. The van der Waals surface area contributed by atoms with Crippen LogP contribution in [0.3, 0.4) is 0 Å². The number of benzene rings is 1. The molecule has 0 fully saturated rings. The van der Waals surface area contributed by atoms with Crippen molar-refractivity contribution in [1.29, 1.82) is 0 Å². The van der Waals surface area contributed by atoms with E-state index in [-0.39, 0.29) is 0 Å². The molecular formula is C16H23NS2. The van der Waals surface area contributed by atoms with Crippen molar-refractivity contribution in [3.05, 3.63) is 40.8 Å². The smallest absolute Gasteiger partial charge is 0.138 e. The summed E-state index contributed by atoms with van der Waals surface area (Å²) in [6, 6.07) is 10.3. The van der Waals surface area contributed by atoms with Crippen LogP contribution in [0.1, 0.15) is 45.1 Å². The van der Waals surface area contributed by atoms with E-state index < -0.39 is 0 Å². The van der Waals surface area contributed by atoms with Crippen LogP contribution in [-0.4, -0.2) is 10.9 Å². The van der Waals surface area contributed by atoms with E-state index in [2.05, 4.69) is 37.4 Å². The minimum absolute atomic E-state index is 0.876. The van der Waals surface area contributed by atoms with Crippen molar-refractivity contribution in [2.24, 2.45) is 0 Å². The molecule has 0 aliphatic carbocycles. The Bertz CT molecular complexity index is 398. The zero-order chi connectivity index (χ0) is 13.9. The quantitative estimate of drug-likeness (QED) is 0.546. The molecule has 0 bridgehead atoms. The molecule has 0 aromatic heterocycles. The summed E-state index contributed by atoms with van der Waals surface area (Å²) < 4.78 is 0.876. The first-order valence-electron chi connectivity index (χ1n) is 6.91. The van der Waals surface area contributed by atoms with Crippen LogP contribution in [0.15, 0.2) is 35.2 Å². The van der Waals surface area contributed by atoms with Gasteiger partial charge in [-0.1, -0.05) is 80.5 Å². The van der Waals surface area contributed by atoms with Gasteiger partial charge in [0.1, 0.15) is 4.32 Å². The van der Waals surface area contributed by atoms with Crippen molar-refractivity contribution in [3.8, 4) is 0 Å². The van der Waals surface area contributed by atoms with Crippen LogP contribution < -0.4 is 5.32 Å². The largest absolute Gasteiger partial charge is 0.371 e. The minimum atomic E-state index is 0.876. The van der Waals surface area contributed by atoms with Crippen molar-refractivity contribution >= 4 is 34.4 Å². The molecule has 0 saturated carbocycles. The number of allylic oxidation sites excluding steroid dienone is 1. The molecule has 0 unspecified atom stereocenters. The van der Waals surface area contributed by atoms with Gasteiger partial charge in [0.2, 0.25) is 0 Å². The standard InChI is InChI=1S/C16H23NS2/c1-3-4-5-9-12-17-16(18)19-14(2)13-15-10-7-6-8-11-15/h6-8,10-11,13H,3-5,9,12H2,1-2H3,(H,17,18). The summed E-state index contributed by atoms with van der Waals surface area (Å²) >= 11 is 6.98. The van der Waals surface area contributed by atoms with Gasteiger partial charge in [0.15, 0.2) is 0 Å². The second kappa shape index (κ2) is 10.0. The highest BCUT2D eigenvalue weighted by Crippen LogP contribution is 2.19.